The van der Waals surface area contributed by atoms with Crippen LogP contribution in [0.25, 0.3) is 0 Å². The van der Waals surface area contributed by atoms with Crippen molar-refractivity contribution in [3.05, 3.63) is 59.3 Å². The Bertz CT molecular complexity index is 921. The first-order valence-electron chi connectivity index (χ1n) is 15.9. The molecule has 5 rings (SSSR count). The molecule has 0 radical (unpaired) electrons. The summed E-state index contributed by atoms with van der Waals surface area (Å²) < 4.78 is 5.67. The molecule has 2 unspecified atom stereocenters. The van der Waals surface area contributed by atoms with E-state index in [1.165, 1.54) is 82.7 Å². The van der Waals surface area contributed by atoms with Gasteiger partial charge in [-0.2, -0.15) is 0 Å². The van der Waals surface area contributed by atoms with Crippen molar-refractivity contribution in [2.45, 2.75) is 121 Å². The maximum Gasteiger partial charge on any atom is 0.309 e. The van der Waals surface area contributed by atoms with E-state index in [0.717, 1.165) is 37.8 Å². The highest BCUT2D eigenvalue weighted by Gasteiger charge is 2.33. The Morgan fingerprint density at radius 3 is 2.24 bits per heavy atom. The third kappa shape index (κ3) is 7.74. The van der Waals surface area contributed by atoms with Gasteiger partial charge in [0, 0.05) is 23.7 Å². The molecule has 0 spiro atoms. The third-order valence-electron chi connectivity index (χ3n) is 9.58. The summed E-state index contributed by atoms with van der Waals surface area (Å²) in [5, 5.41) is 7.95. The molecule has 1 saturated heterocycles. The van der Waals surface area contributed by atoms with E-state index < -0.39 is 0 Å². The molecule has 2 saturated carbocycles. The van der Waals surface area contributed by atoms with Crippen LogP contribution in [0.3, 0.4) is 0 Å². The molecule has 1 aliphatic heterocycles. The molecule has 38 heavy (non-hydrogen) atoms. The molecule has 0 bridgehead atoms. The number of nitrogens with one attached hydrogen (secondary N) is 2. The predicted molar refractivity (Wildman–Crippen MR) is 155 cm³/mol. The Morgan fingerprint density at radius 2 is 1.50 bits per heavy atom. The molecule has 1 aromatic carbocycles. The van der Waals surface area contributed by atoms with Crippen LogP contribution in [0.1, 0.15) is 108 Å². The van der Waals surface area contributed by atoms with Gasteiger partial charge in [-0.25, -0.2) is 0 Å². The van der Waals surface area contributed by atoms with Gasteiger partial charge in [0.1, 0.15) is 6.61 Å². The second-order valence-corrected chi connectivity index (χ2v) is 12.4. The fraction of sp³-hybridized carbons (Fsp3) is 0.676. The van der Waals surface area contributed by atoms with Crippen LogP contribution in [0.2, 0.25) is 0 Å². The van der Waals surface area contributed by atoms with E-state index in [4.69, 9.17) is 4.74 Å². The number of carbonyl (C=O) groups excluding carboxylic acids is 1. The number of ether oxygens (including phenoxy) is 1. The number of hydrogen-bond donors (Lipinski definition) is 2. The zero-order chi connectivity index (χ0) is 26.0. The number of fused-ring (bicyclic) bond motifs is 1. The number of allylic oxidation sites excluding steroid dienone is 2. The van der Waals surface area contributed by atoms with Crippen LogP contribution in [0.4, 0.5) is 0 Å². The Balaban J connectivity index is 1.19. The molecule has 4 aliphatic rings. The topological polar surface area (TPSA) is 50.4 Å². The largest absolute Gasteiger partial charge is 0.461 e. The molecule has 3 fully saturated rings. The fourth-order valence-electron chi connectivity index (χ4n) is 7.25. The van der Waals surface area contributed by atoms with Crippen LogP contribution >= 0.6 is 0 Å². The SMILES string of the molecule is O=C(OCc1ccccc1)C1CCC(NC2=CC(C3CCCCCCCCC3)=CC3NCCCCC23)CC1. The van der Waals surface area contributed by atoms with Crippen molar-refractivity contribution in [2.75, 3.05) is 6.54 Å². The van der Waals surface area contributed by atoms with E-state index in [1.807, 2.05) is 30.3 Å². The first-order chi connectivity index (χ1) is 18.8. The Labute approximate surface area is 231 Å². The monoisotopic (exact) mass is 518 g/mol. The lowest BCUT2D eigenvalue weighted by Crippen LogP contribution is -2.43. The minimum absolute atomic E-state index is 0.0153. The Hall–Kier alpha value is -2.07. The summed E-state index contributed by atoms with van der Waals surface area (Å²) in [5.41, 5.74) is 4.14. The number of benzene rings is 1. The van der Waals surface area contributed by atoms with Crippen LogP contribution in [-0.4, -0.2) is 24.6 Å². The lowest BCUT2D eigenvalue weighted by molar-refractivity contribution is -0.151. The quantitative estimate of drug-likeness (QED) is 0.381. The number of hydrogen-bond acceptors (Lipinski definition) is 4. The van der Waals surface area contributed by atoms with E-state index in [-0.39, 0.29) is 11.9 Å². The van der Waals surface area contributed by atoms with Gasteiger partial charge in [-0.05, 0) is 81.0 Å². The summed E-state index contributed by atoms with van der Waals surface area (Å²) in [7, 11) is 0. The summed E-state index contributed by atoms with van der Waals surface area (Å²) in [6.07, 6.45) is 25.5. The second kappa shape index (κ2) is 14.4. The third-order valence-corrected chi connectivity index (χ3v) is 9.58. The van der Waals surface area contributed by atoms with Gasteiger partial charge >= 0.3 is 5.97 Å². The summed E-state index contributed by atoms with van der Waals surface area (Å²) in [5.74, 6) is 1.31. The molecule has 1 aromatic rings. The highest BCUT2D eigenvalue weighted by Crippen LogP contribution is 2.37. The minimum atomic E-state index is -0.0153. The van der Waals surface area contributed by atoms with Crippen molar-refractivity contribution < 1.29 is 9.53 Å². The smallest absolute Gasteiger partial charge is 0.309 e. The molecular formula is C34H50N2O2. The first-order valence-corrected chi connectivity index (χ1v) is 15.9. The van der Waals surface area contributed by atoms with Gasteiger partial charge in [0.25, 0.3) is 0 Å². The average molecular weight is 519 g/mol. The van der Waals surface area contributed by atoms with Gasteiger partial charge in [0.05, 0.1) is 5.92 Å². The van der Waals surface area contributed by atoms with Crippen LogP contribution in [0.15, 0.2) is 53.8 Å². The fourth-order valence-corrected chi connectivity index (χ4v) is 7.25. The van der Waals surface area contributed by atoms with Gasteiger partial charge in [0.15, 0.2) is 0 Å². The molecule has 2 atom stereocenters. The minimum Gasteiger partial charge on any atom is -0.461 e. The van der Waals surface area contributed by atoms with Crippen molar-refractivity contribution in [3.8, 4) is 0 Å². The van der Waals surface area contributed by atoms with E-state index in [9.17, 15) is 4.79 Å². The van der Waals surface area contributed by atoms with Crippen molar-refractivity contribution in [1.82, 2.24) is 10.6 Å². The van der Waals surface area contributed by atoms with Gasteiger partial charge in [-0.15, -0.1) is 0 Å². The van der Waals surface area contributed by atoms with Crippen molar-refractivity contribution in [1.29, 1.82) is 0 Å². The summed E-state index contributed by atoms with van der Waals surface area (Å²) >= 11 is 0. The molecular weight excluding hydrogens is 468 g/mol. The zero-order valence-electron chi connectivity index (χ0n) is 23.5. The number of carbonyl (C=O) groups is 1. The molecule has 3 aliphatic carbocycles. The predicted octanol–water partition coefficient (Wildman–Crippen LogP) is 7.60. The van der Waals surface area contributed by atoms with Gasteiger partial charge in [-0.1, -0.05) is 87.8 Å². The molecule has 208 valence electrons. The molecule has 4 nitrogen and oxygen atoms in total. The van der Waals surface area contributed by atoms with Crippen LogP contribution in [0, 0.1) is 17.8 Å². The van der Waals surface area contributed by atoms with Crippen molar-refractivity contribution in [2.24, 2.45) is 17.8 Å². The van der Waals surface area contributed by atoms with Crippen LogP contribution in [-0.2, 0) is 16.1 Å². The Kier molecular flexibility index (Phi) is 10.4. The maximum absolute atomic E-state index is 12.7. The standard InChI is InChI=1S/C34H50N2O2/c37-34(38-25-26-13-7-6-8-14-26)28-18-20-30(21-19-28)36-33-24-29(23-32-31(33)17-11-12-22-35-32)27-15-9-4-2-1-3-5-10-16-27/h6-8,13-14,23-24,27-28,30-32,35-36H,1-5,9-12,15-22,25H2. The molecule has 0 amide bonds. The summed E-state index contributed by atoms with van der Waals surface area (Å²) in [4.78, 5) is 12.7. The van der Waals surface area contributed by atoms with Crippen LogP contribution in [0.5, 0.6) is 0 Å². The molecule has 2 N–H and O–H groups in total. The lowest BCUT2D eigenvalue weighted by atomic mass is 9.78. The lowest BCUT2D eigenvalue weighted by Gasteiger charge is -2.37. The van der Waals surface area contributed by atoms with Gasteiger partial charge in [0.2, 0.25) is 0 Å². The molecule has 0 aromatic heterocycles. The van der Waals surface area contributed by atoms with Crippen LogP contribution < -0.4 is 10.6 Å². The highest BCUT2D eigenvalue weighted by molar-refractivity contribution is 5.72. The van der Waals surface area contributed by atoms with Gasteiger partial charge in [-0.3, -0.25) is 4.79 Å². The number of esters is 1. The normalized spacial score (nSPS) is 29.7. The molecule has 4 heteroatoms. The number of rotatable bonds is 6. The maximum atomic E-state index is 12.7. The average Bonchev–Trinajstić information content (AvgIpc) is 3.21. The summed E-state index contributed by atoms with van der Waals surface area (Å²) in [6, 6.07) is 11.0. The summed E-state index contributed by atoms with van der Waals surface area (Å²) in [6.45, 7) is 1.52. The van der Waals surface area contributed by atoms with E-state index in [2.05, 4.69) is 22.8 Å². The highest BCUT2D eigenvalue weighted by atomic mass is 16.5. The van der Waals surface area contributed by atoms with E-state index >= 15 is 0 Å². The van der Waals surface area contributed by atoms with E-state index in [1.54, 1.807) is 5.57 Å². The van der Waals surface area contributed by atoms with E-state index in [0.29, 0.717) is 30.5 Å². The zero-order valence-corrected chi connectivity index (χ0v) is 23.5. The molecule has 1 heterocycles. The van der Waals surface area contributed by atoms with Crippen molar-refractivity contribution >= 4 is 5.97 Å². The Morgan fingerprint density at radius 1 is 0.816 bits per heavy atom. The van der Waals surface area contributed by atoms with Gasteiger partial charge < -0.3 is 15.4 Å². The second-order valence-electron chi connectivity index (χ2n) is 12.4. The first kappa shape index (κ1) is 27.5. The van der Waals surface area contributed by atoms with Crippen molar-refractivity contribution in [3.63, 3.8) is 0 Å².